The number of aromatic nitrogens is 4. The first kappa shape index (κ1) is 24.4. The maximum Gasteiger partial charge on any atom is 0.251 e. The molecule has 0 bridgehead atoms. The van der Waals surface area contributed by atoms with E-state index < -0.39 is 11.5 Å². The van der Waals surface area contributed by atoms with Gasteiger partial charge in [-0.1, -0.05) is 0 Å². The third-order valence-corrected chi connectivity index (χ3v) is 6.16. The van der Waals surface area contributed by atoms with Crippen molar-refractivity contribution in [2.75, 3.05) is 13.2 Å². The molecule has 37 heavy (non-hydrogen) atoms. The molecule has 5 rings (SSSR count). The second-order valence-corrected chi connectivity index (χ2v) is 8.99. The van der Waals surface area contributed by atoms with E-state index in [1.165, 1.54) is 37.3 Å². The standard InChI is InChI=1S/C27H24F3N5O2/c1-15-12-19(29)23-21(13-15)32-25(34-23)27(2,30)26-33-20-9-4-16(14-22(20)35(26)3)24(36)31-10-11-37-18-7-5-17(28)6-8-18/h4-9,12-14H,10-11H2,1-3H3,(H,31,36)(H,32,34). The van der Waals surface area contributed by atoms with Crippen LogP contribution in [0.2, 0.25) is 0 Å². The van der Waals surface area contributed by atoms with Gasteiger partial charge in [-0.25, -0.2) is 23.1 Å². The number of carbonyl (C=O) groups excluding carboxylic acids is 1. The van der Waals surface area contributed by atoms with Crippen molar-refractivity contribution in [1.82, 2.24) is 24.8 Å². The van der Waals surface area contributed by atoms with Gasteiger partial charge in [0, 0.05) is 12.6 Å². The first-order chi connectivity index (χ1) is 17.6. The summed E-state index contributed by atoms with van der Waals surface area (Å²) in [6.45, 7) is 3.49. The molecule has 0 fully saturated rings. The lowest BCUT2D eigenvalue weighted by Crippen LogP contribution is -2.28. The van der Waals surface area contributed by atoms with Crippen LogP contribution in [0.5, 0.6) is 5.75 Å². The summed E-state index contributed by atoms with van der Waals surface area (Å²) in [5, 5.41) is 2.76. The maximum atomic E-state index is 16.1. The van der Waals surface area contributed by atoms with Crippen molar-refractivity contribution < 1.29 is 22.7 Å². The van der Waals surface area contributed by atoms with E-state index in [9.17, 15) is 13.6 Å². The summed E-state index contributed by atoms with van der Waals surface area (Å²) >= 11 is 0. The van der Waals surface area contributed by atoms with Crippen LogP contribution in [0.15, 0.2) is 54.6 Å². The summed E-state index contributed by atoms with van der Waals surface area (Å²) in [6, 6.07) is 13.5. The Balaban J connectivity index is 1.34. The molecule has 1 unspecified atom stereocenters. The number of aryl methyl sites for hydroxylation is 2. The maximum absolute atomic E-state index is 16.1. The zero-order chi connectivity index (χ0) is 26.3. The first-order valence-corrected chi connectivity index (χ1v) is 11.6. The zero-order valence-electron chi connectivity index (χ0n) is 20.4. The summed E-state index contributed by atoms with van der Waals surface area (Å²) in [5.74, 6) is -0.732. The topological polar surface area (TPSA) is 84.8 Å². The van der Waals surface area contributed by atoms with E-state index >= 15 is 4.39 Å². The van der Waals surface area contributed by atoms with Gasteiger partial charge in [0.25, 0.3) is 5.91 Å². The molecule has 2 aromatic heterocycles. The number of ether oxygens (including phenoxy) is 1. The molecule has 10 heteroatoms. The fraction of sp³-hybridized carbons (Fsp3) is 0.222. The third kappa shape index (κ3) is 4.62. The highest BCUT2D eigenvalue weighted by atomic mass is 19.1. The molecule has 5 aromatic rings. The number of halogens is 3. The van der Waals surface area contributed by atoms with Crippen molar-refractivity contribution >= 4 is 28.0 Å². The largest absolute Gasteiger partial charge is 0.492 e. The Bertz CT molecular complexity index is 1620. The number of alkyl halides is 1. The van der Waals surface area contributed by atoms with Crippen LogP contribution in [0.1, 0.15) is 34.5 Å². The lowest BCUT2D eigenvalue weighted by molar-refractivity contribution is 0.0947. The Morgan fingerprint density at radius 1 is 1.11 bits per heavy atom. The molecule has 0 aliphatic heterocycles. The Morgan fingerprint density at radius 2 is 1.86 bits per heavy atom. The van der Waals surface area contributed by atoms with Gasteiger partial charge in [-0.15, -0.1) is 0 Å². The molecule has 1 atom stereocenters. The number of nitrogens with one attached hydrogen (secondary N) is 2. The molecule has 190 valence electrons. The third-order valence-electron chi connectivity index (χ3n) is 6.16. The molecule has 0 spiro atoms. The second-order valence-electron chi connectivity index (χ2n) is 8.99. The Kier molecular flexibility index (Phi) is 6.10. The summed E-state index contributed by atoms with van der Waals surface area (Å²) in [6.07, 6.45) is 0. The molecule has 0 radical (unpaired) electrons. The fourth-order valence-corrected chi connectivity index (χ4v) is 4.26. The number of amides is 1. The van der Waals surface area contributed by atoms with Crippen molar-refractivity contribution in [3.05, 3.63) is 89.0 Å². The summed E-state index contributed by atoms with van der Waals surface area (Å²) in [5.41, 5.74) is 0.404. The molecule has 0 saturated carbocycles. The van der Waals surface area contributed by atoms with E-state index in [4.69, 9.17) is 4.74 Å². The van der Waals surface area contributed by atoms with Crippen molar-refractivity contribution in [2.24, 2.45) is 7.05 Å². The molecule has 1 amide bonds. The molecule has 7 nitrogen and oxygen atoms in total. The average Bonchev–Trinajstić information content (AvgIpc) is 3.45. The van der Waals surface area contributed by atoms with E-state index in [1.807, 2.05) is 0 Å². The van der Waals surface area contributed by atoms with Crippen LogP contribution in [-0.4, -0.2) is 38.6 Å². The fourth-order valence-electron chi connectivity index (χ4n) is 4.26. The number of imidazole rings is 2. The lowest BCUT2D eigenvalue weighted by atomic mass is 10.1. The van der Waals surface area contributed by atoms with Crippen LogP contribution in [0, 0.1) is 18.6 Å². The van der Waals surface area contributed by atoms with Crippen molar-refractivity contribution in [3.8, 4) is 5.75 Å². The van der Waals surface area contributed by atoms with Crippen LogP contribution in [-0.2, 0) is 12.7 Å². The van der Waals surface area contributed by atoms with Crippen LogP contribution < -0.4 is 10.1 Å². The number of carbonyl (C=O) groups is 1. The van der Waals surface area contributed by atoms with Crippen LogP contribution >= 0.6 is 0 Å². The average molecular weight is 508 g/mol. The zero-order valence-corrected chi connectivity index (χ0v) is 20.4. The first-order valence-electron chi connectivity index (χ1n) is 11.6. The minimum Gasteiger partial charge on any atom is -0.492 e. The molecule has 3 aromatic carbocycles. The van der Waals surface area contributed by atoms with Gasteiger partial charge < -0.3 is 19.6 Å². The minimum absolute atomic E-state index is 0.0592. The van der Waals surface area contributed by atoms with Gasteiger partial charge in [0.2, 0.25) is 5.67 Å². The summed E-state index contributed by atoms with van der Waals surface area (Å²) < 4.78 is 50.5. The molecular formula is C27H24F3N5O2. The monoisotopic (exact) mass is 507 g/mol. The van der Waals surface area contributed by atoms with Crippen LogP contribution in [0.4, 0.5) is 13.2 Å². The smallest absolute Gasteiger partial charge is 0.251 e. The predicted molar refractivity (Wildman–Crippen MR) is 133 cm³/mol. The van der Waals surface area contributed by atoms with E-state index in [1.54, 1.807) is 42.8 Å². The highest BCUT2D eigenvalue weighted by Gasteiger charge is 2.37. The normalized spacial score (nSPS) is 13.1. The Labute approximate surface area is 210 Å². The van der Waals surface area contributed by atoms with Crippen LogP contribution in [0.3, 0.4) is 0 Å². The van der Waals surface area contributed by atoms with Gasteiger partial charge in [-0.2, -0.15) is 0 Å². The van der Waals surface area contributed by atoms with Crippen molar-refractivity contribution in [3.63, 3.8) is 0 Å². The minimum atomic E-state index is -2.16. The molecule has 2 heterocycles. The van der Waals surface area contributed by atoms with Gasteiger partial charge in [0.15, 0.2) is 17.5 Å². The van der Waals surface area contributed by atoms with Gasteiger partial charge in [0.05, 0.1) is 23.1 Å². The van der Waals surface area contributed by atoms with Gasteiger partial charge in [-0.3, -0.25) is 4.79 Å². The summed E-state index contributed by atoms with van der Waals surface area (Å²) in [4.78, 5) is 24.2. The SMILES string of the molecule is Cc1cc(F)c2nc(C(C)(F)c3nc4ccc(C(=O)NCCOc5ccc(F)cc5)cc4n3C)[nH]c2c1. The molecule has 2 N–H and O–H groups in total. The second kappa shape index (κ2) is 9.27. The number of hydrogen-bond donors (Lipinski definition) is 2. The molecule has 0 aliphatic rings. The number of benzene rings is 3. The summed E-state index contributed by atoms with van der Waals surface area (Å²) in [7, 11) is 1.65. The van der Waals surface area contributed by atoms with E-state index in [0.717, 1.165) is 0 Å². The van der Waals surface area contributed by atoms with Gasteiger partial charge in [0.1, 0.15) is 23.7 Å². The number of aromatic amines is 1. The number of nitrogens with zero attached hydrogens (tertiary/aromatic N) is 3. The van der Waals surface area contributed by atoms with E-state index in [-0.39, 0.29) is 42.0 Å². The number of hydrogen-bond acceptors (Lipinski definition) is 4. The number of rotatable bonds is 7. The van der Waals surface area contributed by atoms with Crippen LogP contribution in [0.25, 0.3) is 22.1 Å². The van der Waals surface area contributed by atoms with Crippen molar-refractivity contribution in [2.45, 2.75) is 19.5 Å². The Morgan fingerprint density at radius 3 is 2.62 bits per heavy atom. The van der Waals surface area contributed by atoms with Gasteiger partial charge in [-0.05, 0) is 74.0 Å². The molecule has 0 saturated heterocycles. The quantitative estimate of drug-likeness (QED) is 0.301. The highest BCUT2D eigenvalue weighted by molar-refractivity contribution is 5.97. The molecular weight excluding hydrogens is 483 g/mol. The molecule has 0 aliphatic carbocycles. The van der Waals surface area contributed by atoms with Gasteiger partial charge >= 0.3 is 0 Å². The lowest BCUT2D eigenvalue weighted by Gasteiger charge is -2.17. The Hall–Kier alpha value is -4.34. The highest BCUT2D eigenvalue weighted by Crippen LogP contribution is 2.34. The van der Waals surface area contributed by atoms with E-state index in [2.05, 4.69) is 20.3 Å². The van der Waals surface area contributed by atoms with E-state index in [0.29, 0.717) is 33.4 Å². The number of H-pyrrole nitrogens is 1. The predicted octanol–water partition coefficient (Wildman–Crippen LogP) is 5.08. The van der Waals surface area contributed by atoms with Crippen molar-refractivity contribution in [1.29, 1.82) is 0 Å². The number of fused-ring (bicyclic) bond motifs is 2.